The zero-order valence-corrected chi connectivity index (χ0v) is 16.4. The second kappa shape index (κ2) is 6.69. The van der Waals surface area contributed by atoms with Crippen LogP contribution in [0, 0.1) is 6.92 Å². The number of nitrogens with one attached hydrogen (secondary N) is 1. The van der Waals surface area contributed by atoms with Crippen molar-refractivity contribution >= 4 is 28.5 Å². The molecule has 0 aliphatic carbocycles. The molecule has 2 aliphatic rings. The minimum absolute atomic E-state index is 0.0288. The molecule has 0 bridgehead atoms. The van der Waals surface area contributed by atoms with E-state index >= 15 is 0 Å². The van der Waals surface area contributed by atoms with Gasteiger partial charge in [0.2, 0.25) is 0 Å². The Balaban J connectivity index is 1.48. The van der Waals surface area contributed by atoms with Crippen LogP contribution in [-0.4, -0.2) is 50.5 Å². The number of aromatic nitrogens is 3. The van der Waals surface area contributed by atoms with Gasteiger partial charge < -0.3 is 9.80 Å². The van der Waals surface area contributed by atoms with E-state index in [1.165, 1.54) is 0 Å². The molecule has 29 heavy (non-hydrogen) atoms. The van der Waals surface area contributed by atoms with Crippen LogP contribution in [0.1, 0.15) is 41.7 Å². The normalized spacial score (nSPS) is 22.0. The average Bonchev–Trinajstić information content (AvgIpc) is 3.37. The molecule has 4 heterocycles. The number of aromatic amines is 1. The van der Waals surface area contributed by atoms with Gasteiger partial charge in [-0.25, -0.2) is 4.98 Å². The molecule has 0 radical (unpaired) electrons. The number of H-pyrrole nitrogens is 1. The van der Waals surface area contributed by atoms with Crippen LogP contribution >= 0.6 is 0 Å². The SMILES string of the molecule is Cc1ccc(N2CCCC3(CCCN3C(=O)c3ccc4cn[nH]c4n3)C2=O)cc1. The van der Waals surface area contributed by atoms with Crippen molar-refractivity contribution in [3.63, 3.8) is 0 Å². The van der Waals surface area contributed by atoms with Crippen LogP contribution in [0.2, 0.25) is 0 Å². The molecular formula is C22H23N5O2. The Labute approximate surface area is 168 Å². The first-order valence-electron chi connectivity index (χ1n) is 10.1. The summed E-state index contributed by atoms with van der Waals surface area (Å²) in [6.07, 6.45) is 4.78. The largest absolute Gasteiger partial charge is 0.323 e. The van der Waals surface area contributed by atoms with Gasteiger partial charge in [0.1, 0.15) is 11.2 Å². The first-order valence-corrected chi connectivity index (χ1v) is 10.1. The zero-order valence-electron chi connectivity index (χ0n) is 16.4. The number of amides is 2. The summed E-state index contributed by atoms with van der Waals surface area (Å²) >= 11 is 0. The maximum Gasteiger partial charge on any atom is 0.273 e. The number of hydrogen-bond donors (Lipinski definition) is 1. The Hall–Kier alpha value is -3.22. The predicted octanol–water partition coefficient (Wildman–Crippen LogP) is 3.07. The lowest BCUT2D eigenvalue weighted by Crippen LogP contribution is -2.61. The van der Waals surface area contributed by atoms with Crippen LogP contribution in [0.25, 0.3) is 11.0 Å². The molecule has 0 saturated carbocycles. The van der Waals surface area contributed by atoms with Crippen LogP contribution in [-0.2, 0) is 4.79 Å². The van der Waals surface area contributed by atoms with Gasteiger partial charge in [0.25, 0.3) is 11.8 Å². The Morgan fingerprint density at radius 1 is 1.07 bits per heavy atom. The predicted molar refractivity (Wildman–Crippen MR) is 110 cm³/mol. The lowest BCUT2D eigenvalue weighted by Gasteiger charge is -2.44. The number of anilines is 1. The number of rotatable bonds is 2. The molecule has 5 rings (SSSR count). The first-order chi connectivity index (χ1) is 14.1. The van der Waals surface area contributed by atoms with Crippen LogP contribution in [0.3, 0.4) is 0 Å². The quantitative estimate of drug-likeness (QED) is 0.730. The van der Waals surface area contributed by atoms with Gasteiger partial charge in [0.15, 0.2) is 5.65 Å². The summed E-state index contributed by atoms with van der Waals surface area (Å²) in [7, 11) is 0. The third-order valence-corrected chi connectivity index (χ3v) is 6.21. The van der Waals surface area contributed by atoms with E-state index in [2.05, 4.69) is 15.2 Å². The van der Waals surface area contributed by atoms with Crippen molar-refractivity contribution in [2.45, 2.75) is 38.1 Å². The maximum atomic E-state index is 13.6. The molecule has 2 saturated heterocycles. The minimum Gasteiger partial charge on any atom is -0.323 e. The van der Waals surface area contributed by atoms with E-state index < -0.39 is 5.54 Å². The molecule has 2 aromatic heterocycles. The molecule has 1 spiro atoms. The van der Waals surface area contributed by atoms with E-state index in [-0.39, 0.29) is 11.8 Å². The van der Waals surface area contributed by atoms with Crippen molar-refractivity contribution in [3.05, 3.63) is 53.9 Å². The summed E-state index contributed by atoms with van der Waals surface area (Å²) in [6.45, 7) is 3.29. The number of hydrogen-bond acceptors (Lipinski definition) is 4. The number of benzene rings is 1. The number of carbonyl (C=O) groups excluding carboxylic acids is 2. The number of nitrogens with zero attached hydrogens (tertiary/aromatic N) is 4. The van der Waals surface area contributed by atoms with Gasteiger partial charge in [-0.05, 0) is 56.9 Å². The molecular weight excluding hydrogens is 366 g/mol. The van der Waals surface area contributed by atoms with Crippen molar-refractivity contribution in [1.82, 2.24) is 20.1 Å². The fourth-order valence-corrected chi connectivity index (χ4v) is 4.70. The van der Waals surface area contributed by atoms with Crippen molar-refractivity contribution < 1.29 is 9.59 Å². The number of pyridine rings is 1. The van der Waals surface area contributed by atoms with Crippen LogP contribution in [0.5, 0.6) is 0 Å². The van der Waals surface area contributed by atoms with Crippen LogP contribution < -0.4 is 4.90 Å². The van der Waals surface area contributed by atoms with Gasteiger partial charge >= 0.3 is 0 Å². The molecule has 148 valence electrons. The minimum atomic E-state index is -0.773. The second-order valence-corrected chi connectivity index (χ2v) is 7.99. The van der Waals surface area contributed by atoms with Crippen molar-refractivity contribution in [2.24, 2.45) is 0 Å². The van der Waals surface area contributed by atoms with E-state index in [1.807, 2.05) is 42.2 Å². The van der Waals surface area contributed by atoms with Crippen molar-refractivity contribution in [1.29, 1.82) is 0 Å². The third-order valence-electron chi connectivity index (χ3n) is 6.21. The highest BCUT2D eigenvalue weighted by Crippen LogP contribution is 2.40. The van der Waals surface area contributed by atoms with E-state index in [4.69, 9.17) is 0 Å². The Kier molecular flexibility index (Phi) is 4.12. The lowest BCUT2D eigenvalue weighted by atomic mass is 9.84. The topological polar surface area (TPSA) is 82.2 Å². The maximum absolute atomic E-state index is 13.6. The summed E-state index contributed by atoms with van der Waals surface area (Å²) in [6, 6.07) is 11.6. The van der Waals surface area contributed by atoms with E-state index in [9.17, 15) is 9.59 Å². The summed E-state index contributed by atoms with van der Waals surface area (Å²) < 4.78 is 0. The Morgan fingerprint density at radius 2 is 1.83 bits per heavy atom. The van der Waals surface area contributed by atoms with Crippen LogP contribution in [0.15, 0.2) is 42.6 Å². The third kappa shape index (κ3) is 2.80. The second-order valence-electron chi connectivity index (χ2n) is 7.99. The van der Waals surface area contributed by atoms with Gasteiger partial charge in [0, 0.05) is 24.2 Å². The fourth-order valence-electron chi connectivity index (χ4n) is 4.70. The Morgan fingerprint density at radius 3 is 2.62 bits per heavy atom. The monoisotopic (exact) mass is 389 g/mol. The van der Waals surface area contributed by atoms with Gasteiger partial charge in [0.05, 0.1) is 6.20 Å². The standard InChI is InChI=1S/C22H23N5O2/c1-15-4-7-17(8-5-15)26-12-2-10-22(21(26)29)11-3-13-27(22)20(28)18-9-6-16-14-23-25-19(16)24-18/h4-9,14H,2-3,10-13H2,1H3,(H,23,24,25). The summed E-state index contributed by atoms with van der Waals surface area (Å²) in [5.41, 5.74) is 2.22. The molecule has 2 fully saturated rings. The summed E-state index contributed by atoms with van der Waals surface area (Å²) in [5.74, 6) is -0.154. The highest BCUT2D eigenvalue weighted by Gasteiger charge is 2.53. The fraction of sp³-hybridized carbons (Fsp3) is 0.364. The molecule has 2 aliphatic heterocycles. The number of fused-ring (bicyclic) bond motifs is 1. The van der Waals surface area contributed by atoms with E-state index in [0.29, 0.717) is 37.3 Å². The number of carbonyl (C=O) groups is 2. The molecule has 1 atom stereocenters. The van der Waals surface area contributed by atoms with Gasteiger partial charge in [-0.15, -0.1) is 0 Å². The summed E-state index contributed by atoms with van der Waals surface area (Å²) in [5, 5.41) is 7.64. The number of aryl methyl sites for hydroxylation is 1. The highest BCUT2D eigenvalue weighted by atomic mass is 16.2. The van der Waals surface area contributed by atoms with E-state index in [1.54, 1.807) is 17.2 Å². The molecule has 7 nitrogen and oxygen atoms in total. The summed E-state index contributed by atoms with van der Waals surface area (Å²) in [4.78, 5) is 35.1. The molecule has 1 aromatic carbocycles. The molecule has 3 aromatic rings. The first kappa shape index (κ1) is 17.8. The zero-order chi connectivity index (χ0) is 20.0. The number of likely N-dealkylation sites (tertiary alicyclic amines) is 1. The molecule has 1 unspecified atom stereocenters. The van der Waals surface area contributed by atoms with E-state index in [0.717, 1.165) is 29.5 Å². The smallest absolute Gasteiger partial charge is 0.273 e. The number of piperidine rings is 1. The van der Waals surface area contributed by atoms with Gasteiger partial charge in [-0.1, -0.05) is 17.7 Å². The lowest BCUT2D eigenvalue weighted by molar-refractivity contribution is -0.130. The molecule has 7 heteroatoms. The van der Waals surface area contributed by atoms with Crippen LogP contribution in [0.4, 0.5) is 5.69 Å². The van der Waals surface area contributed by atoms with Gasteiger partial charge in [-0.3, -0.25) is 14.7 Å². The highest BCUT2D eigenvalue weighted by molar-refractivity contribution is 6.05. The molecule has 1 N–H and O–H groups in total. The Bertz CT molecular complexity index is 1090. The molecule has 2 amide bonds. The van der Waals surface area contributed by atoms with Crippen molar-refractivity contribution in [2.75, 3.05) is 18.0 Å². The van der Waals surface area contributed by atoms with Crippen molar-refractivity contribution in [3.8, 4) is 0 Å². The van der Waals surface area contributed by atoms with Gasteiger partial charge in [-0.2, -0.15) is 5.10 Å². The average molecular weight is 389 g/mol.